The van der Waals surface area contributed by atoms with Crippen LogP contribution in [0.4, 0.5) is 5.69 Å². The van der Waals surface area contributed by atoms with Crippen LogP contribution in [0, 0.1) is 17.2 Å². The fourth-order valence-corrected chi connectivity index (χ4v) is 2.36. The summed E-state index contributed by atoms with van der Waals surface area (Å²) in [5.74, 6) is 0.793. The van der Waals surface area contributed by atoms with Crippen molar-refractivity contribution in [3.8, 4) is 6.07 Å². The molecule has 0 bridgehead atoms. The van der Waals surface area contributed by atoms with Crippen molar-refractivity contribution in [3.05, 3.63) is 28.8 Å². The number of nitriles is 1. The number of halogens is 1. The van der Waals surface area contributed by atoms with Crippen molar-refractivity contribution in [2.24, 2.45) is 5.92 Å². The number of anilines is 1. The topological polar surface area (TPSA) is 35.8 Å². The van der Waals surface area contributed by atoms with Crippen LogP contribution in [0.3, 0.4) is 0 Å². The highest BCUT2D eigenvalue weighted by atomic mass is 35.5. The monoisotopic (exact) mass is 234 g/mol. The molecule has 0 atom stereocenters. The third-order valence-corrected chi connectivity index (χ3v) is 3.49. The van der Waals surface area contributed by atoms with Gasteiger partial charge in [-0.15, -0.1) is 0 Å². The lowest BCUT2D eigenvalue weighted by atomic mass is 10.1. The first-order valence-corrected chi connectivity index (χ1v) is 6.11. The second kappa shape index (κ2) is 5.23. The molecule has 1 aliphatic carbocycles. The third kappa shape index (κ3) is 2.68. The van der Waals surface area contributed by atoms with Gasteiger partial charge in [-0.1, -0.05) is 24.4 Å². The Labute approximate surface area is 101 Å². The molecule has 16 heavy (non-hydrogen) atoms. The molecule has 0 saturated heterocycles. The van der Waals surface area contributed by atoms with Crippen LogP contribution in [-0.4, -0.2) is 6.54 Å². The first-order chi connectivity index (χ1) is 7.79. The van der Waals surface area contributed by atoms with Gasteiger partial charge in [0.25, 0.3) is 0 Å². The van der Waals surface area contributed by atoms with Crippen molar-refractivity contribution in [1.82, 2.24) is 0 Å². The summed E-state index contributed by atoms with van der Waals surface area (Å²) in [7, 11) is 0. The molecule has 0 aliphatic heterocycles. The minimum Gasteiger partial charge on any atom is -0.385 e. The van der Waals surface area contributed by atoms with Gasteiger partial charge in [-0.25, -0.2) is 0 Å². The molecule has 1 N–H and O–H groups in total. The largest absolute Gasteiger partial charge is 0.385 e. The van der Waals surface area contributed by atoms with Crippen LogP contribution in [-0.2, 0) is 0 Å². The summed E-state index contributed by atoms with van der Waals surface area (Å²) in [5, 5.41) is 12.8. The van der Waals surface area contributed by atoms with E-state index in [1.807, 2.05) is 12.1 Å². The Morgan fingerprint density at radius 3 is 2.81 bits per heavy atom. The van der Waals surface area contributed by atoms with Gasteiger partial charge in [0, 0.05) is 12.2 Å². The van der Waals surface area contributed by atoms with Crippen LogP contribution in [0.2, 0.25) is 5.02 Å². The third-order valence-electron chi connectivity index (χ3n) is 3.16. The number of nitrogens with one attached hydrogen (secondary N) is 1. The normalized spacial score (nSPS) is 16.0. The van der Waals surface area contributed by atoms with Gasteiger partial charge in [0.1, 0.15) is 6.07 Å². The molecule has 0 spiro atoms. The Morgan fingerprint density at radius 2 is 2.12 bits per heavy atom. The SMILES string of the molecule is N#Cc1cc(NCC2CCCC2)ccc1Cl. The molecule has 2 nitrogen and oxygen atoms in total. The zero-order valence-corrected chi connectivity index (χ0v) is 9.93. The summed E-state index contributed by atoms with van der Waals surface area (Å²) in [6.07, 6.45) is 5.37. The van der Waals surface area contributed by atoms with E-state index < -0.39 is 0 Å². The average Bonchev–Trinajstić information content (AvgIpc) is 2.81. The van der Waals surface area contributed by atoms with E-state index >= 15 is 0 Å². The Hall–Kier alpha value is -1.20. The van der Waals surface area contributed by atoms with Crippen molar-refractivity contribution in [1.29, 1.82) is 5.26 Å². The summed E-state index contributed by atoms with van der Waals surface area (Å²) >= 11 is 5.87. The lowest BCUT2D eigenvalue weighted by molar-refractivity contribution is 0.580. The average molecular weight is 235 g/mol. The van der Waals surface area contributed by atoms with Crippen LogP contribution >= 0.6 is 11.6 Å². The standard InChI is InChI=1S/C13H15ClN2/c14-13-6-5-12(7-11(13)8-15)16-9-10-3-1-2-4-10/h5-7,10,16H,1-4,9H2. The lowest BCUT2D eigenvalue weighted by Crippen LogP contribution is -2.10. The highest BCUT2D eigenvalue weighted by Gasteiger charge is 2.14. The number of rotatable bonds is 3. The Kier molecular flexibility index (Phi) is 3.69. The van der Waals surface area contributed by atoms with Gasteiger partial charge in [0.05, 0.1) is 10.6 Å². The van der Waals surface area contributed by atoms with Crippen molar-refractivity contribution in [3.63, 3.8) is 0 Å². The minimum atomic E-state index is 0.522. The van der Waals surface area contributed by atoms with Gasteiger partial charge in [-0.05, 0) is 37.0 Å². The van der Waals surface area contributed by atoms with Crippen LogP contribution in [0.25, 0.3) is 0 Å². The second-order valence-electron chi connectivity index (χ2n) is 4.34. The van der Waals surface area contributed by atoms with E-state index in [1.165, 1.54) is 25.7 Å². The lowest BCUT2D eigenvalue weighted by Gasteiger charge is -2.12. The molecular formula is C13H15ClN2. The van der Waals surface area contributed by atoms with Gasteiger partial charge >= 0.3 is 0 Å². The quantitative estimate of drug-likeness (QED) is 0.863. The zero-order valence-electron chi connectivity index (χ0n) is 9.17. The molecule has 1 aliphatic rings. The van der Waals surface area contributed by atoms with E-state index in [1.54, 1.807) is 6.07 Å². The zero-order chi connectivity index (χ0) is 11.4. The van der Waals surface area contributed by atoms with Crippen LogP contribution in [0.1, 0.15) is 31.2 Å². The number of hydrogen-bond acceptors (Lipinski definition) is 2. The van der Waals surface area contributed by atoms with E-state index in [2.05, 4.69) is 11.4 Å². The van der Waals surface area contributed by atoms with Crippen LogP contribution < -0.4 is 5.32 Å². The summed E-state index contributed by atoms with van der Waals surface area (Å²) in [6, 6.07) is 7.61. The Bertz CT molecular complexity index is 403. The molecule has 0 heterocycles. The molecule has 1 aromatic rings. The Morgan fingerprint density at radius 1 is 1.38 bits per heavy atom. The van der Waals surface area contributed by atoms with Gasteiger partial charge < -0.3 is 5.32 Å². The van der Waals surface area contributed by atoms with Crippen LogP contribution in [0.15, 0.2) is 18.2 Å². The molecule has 1 aromatic carbocycles. The van der Waals surface area contributed by atoms with Gasteiger partial charge in [0.2, 0.25) is 0 Å². The molecular weight excluding hydrogens is 220 g/mol. The maximum Gasteiger partial charge on any atom is 0.101 e. The summed E-state index contributed by atoms with van der Waals surface area (Å²) in [6.45, 7) is 1.01. The fraction of sp³-hybridized carbons (Fsp3) is 0.462. The molecule has 2 rings (SSSR count). The molecule has 84 valence electrons. The van der Waals surface area contributed by atoms with Crippen molar-refractivity contribution in [2.45, 2.75) is 25.7 Å². The highest BCUT2D eigenvalue weighted by Crippen LogP contribution is 2.25. The smallest absolute Gasteiger partial charge is 0.101 e. The second-order valence-corrected chi connectivity index (χ2v) is 4.75. The summed E-state index contributed by atoms with van der Waals surface area (Å²) < 4.78 is 0. The number of hydrogen-bond donors (Lipinski definition) is 1. The fourth-order valence-electron chi connectivity index (χ4n) is 2.20. The van der Waals surface area contributed by atoms with Crippen molar-refractivity contribution < 1.29 is 0 Å². The first kappa shape index (κ1) is 11.3. The van der Waals surface area contributed by atoms with Crippen molar-refractivity contribution >= 4 is 17.3 Å². The van der Waals surface area contributed by atoms with Crippen LogP contribution in [0.5, 0.6) is 0 Å². The molecule has 0 aromatic heterocycles. The van der Waals surface area contributed by atoms with Gasteiger partial charge in [-0.2, -0.15) is 5.26 Å². The highest BCUT2D eigenvalue weighted by molar-refractivity contribution is 6.31. The van der Waals surface area contributed by atoms with E-state index in [0.717, 1.165) is 18.2 Å². The van der Waals surface area contributed by atoms with E-state index in [0.29, 0.717) is 10.6 Å². The van der Waals surface area contributed by atoms with Gasteiger partial charge in [-0.3, -0.25) is 0 Å². The predicted octanol–water partition coefficient (Wildman–Crippen LogP) is 3.81. The predicted molar refractivity (Wildman–Crippen MR) is 66.6 cm³/mol. The molecule has 0 amide bonds. The summed E-state index contributed by atoms with van der Waals surface area (Å²) in [5.41, 5.74) is 1.53. The Balaban J connectivity index is 1.96. The van der Waals surface area contributed by atoms with E-state index in [4.69, 9.17) is 16.9 Å². The van der Waals surface area contributed by atoms with E-state index in [9.17, 15) is 0 Å². The maximum atomic E-state index is 8.86. The minimum absolute atomic E-state index is 0.522. The van der Waals surface area contributed by atoms with Crippen molar-refractivity contribution in [2.75, 3.05) is 11.9 Å². The summed E-state index contributed by atoms with van der Waals surface area (Å²) in [4.78, 5) is 0. The molecule has 3 heteroatoms. The first-order valence-electron chi connectivity index (χ1n) is 5.73. The maximum absolute atomic E-state index is 8.86. The van der Waals surface area contributed by atoms with E-state index in [-0.39, 0.29) is 0 Å². The molecule has 0 unspecified atom stereocenters. The number of benzene rings is 1. The number of nitrogens with zero attached hydrogens (tertiary/aromatic N) is 1. The van der Waals surface area contributed by atoms with Gasteiger partial charge in [0.15, 0.2) is 0 Å². The molecule has 0 radical (unpaired) electrons. The molecule has 1 saturated carbocycles. The molecule has 1 fully saturated rings.